The highest BCUT2D eigenvalue weighted by molar-refractivity contribution is 5.97. The lowest BCUT2D eigenvalue weighted by Crippen LogP contribution is -2.13. The van der Waals surface area contributed by atoms with Crippen molar-refractivity contribution >= 4 is 11.7 Å². The molecule has 0 spiro atoms. The van der Waals surface area contributed by atoms with Crippen LogP contribution in [0.25, 0.3) is 0 Å². The van der Waals surface area contributed by atoms with E-state index in [4.69, 9.17) is 5.73 Å². The standard InChI is InChI=1S/C12H16N2O2/c13-12(16)5-6-14-7-9-3-1-2-4-11(15)10(9)8-14/h7-8H,1-6H2,(H2,13,16). The predicted octanol–water partition coefficient (Wildman–Crippen LogP) is 1.27. The molecule has 0 radical (unpaired) electrons. The van der Waals surface area contributed by atoms with E-state index >= 15 is 0 Å². The van der Waals surface area contributed by atoms with Gasteiger partial charge in [-0.2, -0.15) is 0 Å². The molecule has 0 aliphatic heterocycles. The molecule has 1 heterocycles. The van der Waals surface area contributed by atoms with Crippen molar-refractivity contribution in [2.75, 3.05) is 0 Å². The van der Waals surface area contributed by atoms with Gasteiger partial charge in [-0.15, -0.1) is 0 Å². The molecule has 0 atom stereocenters. The van der Waals surface area contributed by atoms with Gasteiger partial charge in [0.2, 0.25) is 5.91 Å². The van der Waals surface area contributed by atoms with E-state index < -0.39 is 0 Å². The molecule has 1 aromatic heterocycles. The van der Waals surface area contributed by atoms with Gasteiger partial charge in [0.25, 0.3) is 0 Å². The summed E-state index contributed by atoms with van der Waals surface area (Å²) in [4.78, 5) is 22.4. The van der Waals surface area contributed by atoms with Crippen LogP contribution in [-0.4, -0.2) is 16.3 Å². The van der Waals surface area contributed by atoms with Gasteiger partial charge >= 0.3 is 0 Å². The van der Waals surface area contributed by atoms with E-state index in [1.54, 1.807) is 0 Å². The third kappa shape index (κ3) is 2.32. The third-order valence-corrected chi connectivity index (χ3v) is 2.98. The fourth-order valence-corrected chi connectivity index (χ4v) is 2.11. The Morgan fingerprint density at radius 2 is 2.06 bits per heavy atom. The number of amides is 1. The largest absolute Gasteiger partial charge is 0.370 e. The van der Waals surface area contributed by atoms with Crippen LogP contribution in [0.1, 0.15) is 41.6 Å². The topological polar surface area (TPSA) is 65.1 Å². The number of ketones is 1. The molecule has 0 aromatic carbocycles. The molecule has 0 fully saturated rings. The summed E-state index contributed by atoms with van der Waals surface area (Å²) in [5, 5.41) is 0. The zero-order valence-corrected chi connectivity index (χ0v) is 9.24. The monoisotopic (exact) mass is 220 g/mol. The number of carbonyl (C=O) groups excluding carboxylic acids is 2. The number of Topliss-reactive ketones (excluding diaryl/α,β-unsaturated/α-hetero) is 1. The van der Waals surface area contributed by atoms with E-state index in [9.17, 15) is 9.59 Å². The van der Waals surface area contributed by atoms with Gasteiger partial charge in [0.05, 0.1) is 0 Å². The second-order valence-electron chi connectivity index (χ2n) is 4.28. The van der Waals surface area contributed by atoms with E-state index in [-0.39, 0.29) is 11.7 Å². The number of hydrogen-bond donors (Lipinski definition) is 1. The number of carbonyl (C=O) groups is 2. The molecule has 86 valence electrons. The molecule has 2 rings (SSSR count). The number of fused-ring (bicyclic) bond motifs is 1. The van der Waals surface area contributed by atoms with Crippen LogP contribution in [0.2, 0.25) is 0 Å². The first-order chi connectivity index (χ1) is 7.66. The first-order valence-electron chi connectivity index (χ1n) is 5.67. The van der Waals surface area contributed by atoms with Gasteiger partial charge in [0.1, 0.15) is 0 Å². The summed E-state index contributed by atoms with van der Waals surface area (Å²) in [5.74, 6) is -0.0828. The Bertz CT molecular complexity index is 421. The summed E-state index contributed by atoms with van der Waals surface area (Å²) in [7, 11) is 0. The van der Waals surface area contributed by atoms with Crippen molar-refractivity contribution in [3.63, 3.8) is 0 Å². The first-order valence-corrected chi connectivity index (χ1v) is 5.67. The minimum atomic E-state index is -0.310. The minimum Gasteiger partial charge on any atom is -0.370 e. The van der Waals surface area contributed by atoms with Crippen LogP contribution in [0.4, 0.5) is 0 Å². The Morgan fingerprint density at radius 3 is 2.81 bits per heavy atom. The van der Waals surface area contributed by atoms with Crippen molar-refractivity contribution < 1.29 is 9.59 Å². The summed E-state index contributed by atoms with van der Waals surface area (Å²) in [6, 6.07) is 0. The van der Waals surface area contributed by atoms with E-state index in [2.05, 4.69) is 0 Å². The second kappa shape index (κ2) is 4.51. The maximum atomic E-state index is 11.8. The number of aryl methyl sites for hydroxylation is 2. The molecule has 1 aromatic rings. The van der Waals surface area contributed by atoms with Crippen molar-refractivity contribution in [3.05, 3.63) is 23.5 Å². The van der Waals surface area contributed by atoms with Crippen LogP contribution < -0.4 is 5.73 Å². The summed E-state index contributed by atoms with van der Waals surface area (Å²) < 4.78 is 1.90. The van der Waals surface area contributed by atoms with Crippen molar-refractivity contribution in [2.24, 2.45) is 5.73 Å². The van der Waals surface area contributed by atoms with Crippen molar-refractivity contribution in [3.8, 4) is 0 Å². The Kier molecular flexibility index (Phi) is 3.08. The number of nitrogens with zero attached hydrogens (tertiary/aromatic N) is 1. The van der Waals surface area contributed by atoms with Crippen molar-refractivity contribution in [2.45, 2.75) is 38.6 Å². The Labute approximate surface area is 94.4 Å². The molecule has 1 aliphatic rings. The zero-order valence-electron chi connectivity index (χ0n) is 9.24. The normalized spacial score (nSPS) is 15.6. The van der Waals surface area contributed by atoms with Crippen LogP contribution in [0, 0.1) is 0 Å². The van der Waals surface area contributed by atoms with E-state index in [1.165, 1.54) is 0 Å². The Morgan fingerprint density at radius 1 is 1.31 bits per heavy atom. The highest BCUT2D eigenvalue weighted by atomic mass is 16.1. The lowest BCUT2D eigenvalue weighted by molar-refractivity contribution is -0.118. The van der Waals surface area contributed by atoms with E-state index in [0.29, 0.717) is 19.4 Å². The smallest absolute Gasteiger partial charge is 0.219 e. The van der Waals surface area contributed by atoms with Gasteiger partial charge in [0, 0.05) is 37.3 Å². The van der Waals surface area contributed by atoms with Crippen molar-refractivity contribution in [1.82, 2.24) is 4.57 Å². The number of primary amides is 1. The van der Waals surface area contributed by atoms with Crippen LogP contribution >= 0.6 is 0 Å². The highest BCUT2D eigenvalue weighted by Crippen LogP contribution is 2.21. The quantitative estimate of drug-likeness (QED) is 0.780. The zero-order chi connectivity index (χ0) is 11.5. The highest BCUT2D eigenvalue weighted by Gasteiger charge is 2.17. The second-order valence-corrected chi connectivity index (χ2v) is 4.28. The molecule has 0 bridgehead atoms. The number of rotatable bonds is 3. The molecule has 0 unspecified atom stereocenters. The van der Waals surface area contributed by atoms with Crippen LogP contribution in [0.15, 0.2) is 12.4 Å². The third-order valence-electron chi connectivity index (χ3n) is 2.98. The van der Waals surface area contributed by atoms with Gasteiger partial charge in [0.15, 0.2) is 5.78 Å². The number of hydrogen-bond acceptors (Lipinski definition) is 2. The molecule has 0 saturated heterocycles. The lowest BCUT2D eigenvalue weighted by atomic mass is 10.1. The van der Waals surface area contributed by atoms with Gasteiger partial charge in [-0.1, -0.05) is 0 Å². The molecule has 2 N–H and O–H groups in total. The van der Waals surface area contributed by atoms with E-state index in [1.807, 2.05) is 17.0 Å². The molecule has 16 heavy (non-hydrogen) atoms. The van der Waals surface area contributed by atoms with Crippen LogP contribution in [0.3, 0.4) is 0 Å². The Balaban J connectivity index is 2.15. The fraction of sp³-hybridized carbons (Fsp3) is 0.500. The van der Waals surface area contributed by atoms with Gasteiger partial charge < -0.3 is 10.3 Å². The molecule has 0 saturated carbocycles. The molecular weight excluding hydrogens is 204 g/mol. The Hall–Kier alpha value is -1.58. The average Bonchev–Trinajstić information content (AvgIpc) is 2.57. The van der Waals surface area contributed by atoms with Crippen LogP contribution in [0.5, 0.6) is 0 Å². The molecular formula is C12H16N2O2. The first kappa shape index (κ1) is 10.9. The molecule has 1 aliphatic carbocycles. The predicted molar refractivity (Wildman–Crippen MR) is 60.1 cm³/mol. The van der Waals surface area contributed by atoms with Gasteiger partial charge in [-0.05, 0) is 24.8 Å². The fourth-order valence-electron chi connectivity index (χ4n) is 2.11. The lowest BCUT2D eigenvalue weighted by Gasteiger charge is -1.99. The minimum absolute atomic E-state index is 0.227. The average molecular weight is 220 g/mol. The maximum Gasteiger partial charge on any atom is 0.219 e. The maximum absolute atomic E-state index is 11.8. The molecule has 1 amide bonds. The summed E-state index contributed by atoms with van der Waals surface area (Å²) in [6.45, 7) is 0.565. The SMILES string of the molecule is NC(=O)CCn1cc2c(c1)C(=O)CCCC2. The van der Waals surface area contributed by atoms with Gasteiger partial charge in [-0.3, -0.25) is 9.59 Å². The number of nitrogens with two attached hydrogens (primary N) is 1. The summed E-state index contributed by atoms with van der Waals surface area (Å²) >= 11 is 0. The summed E-state index contributed by atoms with van der Waals surface area (Å²) in [5.41, 5.74) is 7.05. The number of aromatic nitrogens is 1. The van der Waals surface area contributed by atoms with Crippen LogP contribution in [-0.2, 0) is 17.8 Å². The van der Waals surface area contributed by atoms with Gasteiger partial charge in [-0.25, -0.2) is 0 Å². The molecule has 4 heteroatoms. The van der Waals surface area contributed by atoms with E-state index in [0.717, 1.165) is 30.4 Å². The van der Waals surface area contributed by atoms with Crippen molar-refractivity contribution in [1.29, 1.82) is 0 Å². The molecule has 4 nitrogen and oxygen atoms in total. The summed E-state index contributed by atoms with van der Waals surface area (Å²) in [6.07, 6.45) is 7.81.